The molecule has 0 amide bonds. The molecule has 11 heteroatoms. The van der Waals surface area contributed by atoms with Crippen LogP contribution in [0.1, 0.15) is 0 Å². The molecule has 0 aliphatic rings. The first-order valence-electron chi connectivity index (χ1n) is 10.8. The molecule has 0 aromatic heterocycles. The summed E-state index contributed by atoms with van der Waals surface area (Å²) < 4.78 is 0. The number of thiol groups is 2. The van der Waals surface area contributed by atoms with Gasteiger partial charge < -0.3 is 10.9 Å². The van der Waals surface area contributed by atoms with Gasteiger partial charge in [0.2, 0.25) is 24.4 Å². The Morgan fingerprint density at radius 1 is 0.486 bits per heavy atom. The third kappa shape index (κ3) is 12.8. The number of azo groups is 2. The van der Waals surface area contributed by atoms with Gasteiger partial charge >= 0.3 is 29.7 Å². The Bertz CT molecular complexity index is 1160. The second-order valence-electron chi connectivity index (χ2n) is 6.84. The van der Waals surface area contributed by atoms with Crippen molar-refractivity contribution in [3.63, 3.8) is 0 Å². The summed E-state index contributed by atoms with van der Waals surface area (Å²) in [6.45, 7) is 0. The largest absolute Gasteiger partial charge is 2.00 e. The van der Waals surface area contributed by atoms with Gasteiger partial charge in [-0.25, -0.2) is 0 Å². The first kappa shape index (κ1) is 29.6. The molecule has 0 bridgehead atoms. The number of nitrogens with one attached hydrogen (secondary N) is 2. The fourth-order valence-electron chi connectivity index (χ4n) is 2.48. The number of hydrogen-bond acceptors (Lipinski definition) is 2. The van der Waals surface area contributed by atoms with Gasteiger partial charge in [-0.15, -0.1) is 21.6 Å². The zero-order valence-corrected chi connectivity index (χ0v) is 24.6. The summed E-state index contributed by atoms with van der Waals surface area (Å²) in [7, 11) is 0. The van der Waals surface area contributed by atoms with Crippen LogP contribution >= 0.6 is 0 Å². The first-order valence-corrected chi connectivity index (χ1v) is 11.7. The van der Waals surface area contributed by atoms with Crippen molar-refractivity contribution < 1.29 is 19.5 Å². The standard InChI is InChI=1S/2C13H12N4S.Zn/c2*18-13(16-14-11-7-3-1-4-8-11)17-15-12-9-5-2-6-10-12;/h2*1-10H,(H2,14,15,16,17,18);/q;;+2. The van der Waals surface area contributed by atoms with Crippen LogP contribution in [0.3, 0.4) is 0 Å². The van der Waals surface area contributed by atoms with Gasteiger partial charge in [0.05, 0.1) is 11.4 Å². The molecule has 0 saturated heterocycles. The average Bonchev–Trinajstić information content (AvgIpc) is 2.95. The van der Waals surface area contributed by atoms with E-state index in [0.29, 0.717) is 10.2 Å². The van der Waals surface area contributed by atoms with E-state index < -0.39 is 0 Å². The monoisotopic (exact) mass is 576 g/mol. The predicted octanol–water partition coefficient (Wildman–Crippen LogP) is 6.69. The molecule has 2 N–H and O–H groups in total. The molecular formula is C26H24N8S2Zn+2. The Kier molecular flexibility index (Phi) is 14.2. The summed E-state index contributed by atoms with van der Waals surface area (Å²) in [6.07, 6.45) is 0. The van der Waals surface area contributed by atoms with Crippen LogP contribution in [0.5, 0.6) is 0 Å². The van der Waals surface area contributed by atoms with Gasteiger partial charge in [-0.2, -0.15) is 0 Å². The summed E-state index contributed by atoms with van der Waals surface area (Å²) in [4.78, 5) is 0. The maximum Gasteiger partial charge on any atom is 2.00 e. The van der Waals surface area contributed by atoms with E-state index >= 15 is 0 Å². The van der Waals surface area contributed by atoms with Crippen molar-refractivity contribution in [2.45, 2.75) is 0 Å². The third-order valence-electron chi connectivity index (χ3n) is 4.12. The van der Waals surface area contributed by atoms with Crippen LogP contribution in [-0.4, -0.2) is 10.2 Å². The number of benzene rings is 4. The van der Waals surface area contributed by atoms with E-state index in [1.165, 1.54) is 0 Å². The van der Waals surface area contributed by atoms with Crippen LogP contribution in [0, 0.1) is 0 Å². The Morgan fingerprint density at radius 3 is 1.11 bits per heavy atom. The maximum atomic E-state index is 4.14. The van der Waals surface area contributed by atoms with Crippen molar-refractivity contribution >= 4 is 57.4 Å². The zero-order chi connectivity index (χ0) is 25.3. The van der Waals surface area contributed by atoms with Crippen molar-refractivity contribution in [3.8, 4) is 0 Å². The molecule has 0 spiro atoms. The fraction of sp³-hybridized carbons (Fsp3) is 0. The minimum absolute atomic E-state index is 0. The van der Waals surface area contributed by atoms with Gasteiger partial charge in [-0.3, -0.25) is 10.9 Å². The molecule has 4 aromatic carbocycles. The summed E-state index contributed by atoms with van der Waals surface area (Å²) in [5.74, 6) is 0. The Balaban J connectivity index is 0.000000253. The van der Waals surface area contributed by atoms with E-state index in [-0.39, 0.29) is 19.5 Å². The van der Waals surface area contributed by atoms with Gasteiger partial charge in [-0.05, 0) is 24.3 Å². The van der Waals surface area contributed by atoms with Crippen molar-refractivity contribution in [2.24, 2.45) is 20.5 Å². The predicted molar refractivity (Wildman–Crippen MR) is 155 cm³/mol. The molecule has 8 nitrogen and oxygen atoms in total. The Hall–Kier alpha value is -3.60. The van der Waals surface area contributed by atoms with Crippen LogP contribution < -0.4 is 10.9 Å². The molecular weight excluding hydrogens is 554 g/mol. The van der Waals surface area contributed by atoms with Crippen LogP contribution in [0.4, 0.5) is 22.7 Å². The van der Waals surface area contributed by atoms with E-state index in [9.17, 15) is 0 Å². The quantitative estimate of drug-likeness (QED) is 0.0666. The second kappa shape index (κ2) is 17.8. The molecule has 0 unspecified atom stereocenters. The number of nitrogens with zero attached hydrogens (tertiary/aromatic N) is 6. The third-order valence-corrected chi connectivity index (χ3v) is 4.49. The van der Waals surface area contributed by atoms with Gasteiger partial charge in [0.25, 0.3) is 0 Å². The SMILES string of the molecule is [SH+]=C(N=Nc1ccccc1)N[N-]c1ccccc1.[SH+]=C(N=Nc1ccccc1)N[N-]c1ccccc1.[Zn+2]. The second-order valence-corrected chi connectivity index (χ2v) is 7.68. The molecule has 0 radical (unpaired) electrons. The van der Waals surface area contributed by atoms with E-state index in [4.69, 9.17) is 0 Å². The molecule has 0 saturated carbocycles. The molecule has 0 atom stereocenters. The topological polar surface area (TPSA) is 102 Å². The minimum atomic E-state index is 0. The summed E-state index contributed by atoms with van der Waals surface area (Å²) in [6, 6.07) is 37.9. The zero-order valence-electron chi connectivity index (χ0n) is 19.8. The van der Waals surface area contributed by atoms with Crippen molar-refractivity contribution in [3.05, 3.63) is 132 Å². The summed E-state index contributed by atoms with van der Waals surface area (Å²) in [5.41, 5.74) is 16.8. The van der Waals surface area contributed by atoms with Gasteiger partial charge in [0.1, 0.15) is 0 Å². The van der Waals surface area contributed by atoms with E-state index in [1.807, 2.05) is 121 Å². The van der Waals surface area contributed by atoms with Gasteiger partial charge in [0.15, 0.2) is 0 Å². The van der Waals surface area contributed by atoms with E-state index in [2.05, 4.69) is 66.6 Å². The van der Waals surface area contributed by atoms with Gasteiger partial charge in [0, 0.05) is 0 Å². The maximum absolute atomic E-state index is 4.14. The summed E-state index contributed by atoms with van der Waals surface area (Å²) in [5, 5.41) is 16.5. The Morgan fingerprint density at radius 2 is 0.784 bits per heavy atom. The Labute approximate surface area is 239 Å². The molecule has 0 aliphatic carbocycles. The van der Waals surface area contributed by atoms with Crippen molar-refractivity contribution in [1.82, 2.24) is 10.9 Å². The van der Waals surface area contributed by atoms with Crippen molar-refractivity contribution in [1.29, 1.82) is 0 Å². The van der Waals surface area contributed by atoms with Crippen LogP contribution in [0.2, 0.25) is 0 Å². The number of hydrogen-bond donors (Lipinski definition) is 2. The van der Waals surface area contributed by atoms with E-state index in [1.54, 1.807) is 0 Å². The van der Waals surface area contributed by atoms with Crippen LogP contribution in [0.25, 0.3) is 10.9 Å². The molecule has 0 fully saturated rings. The normalized spacial score (nSPS) is 10.2. The first-order chi connectivity index (χ1) is 17.7. The molecule has 4 rings (SSSR count). The minimum Gasteiger partial charge on any atom is -0.613 e. The molecule has 37 heavy (non-hydrogen) atoms. The number of rotatable bonds is 6. The fourth-order valence-corrected chi connectivity index (χ4v) is 2.67. The summed E-state index contributed by atoms with van der Waals surface area (Å²) >= 11 is 8.28. The molecule has 4 aromatic rings. The smallest absolute Gasteiger partial charge is 0.613 e. The molecule has 0 aliphatic heterocycles. The number of para-hydroxylation sites is 2. The van der Waals surface area contributed by atoms with Crippen molar-refractivity contribution in [2.75, 3.05) is 0 Å². The van der Waals surface area contributed by atoms with E-state index in [0.717, 1.165) is 22.7 Å². The van der Waals surface area contributed by atoms with Crippen LogP contribution in [-0.2, 0) is 43.9 Å². The van der Waals surface area contributed by atoms with Crippen LogP contribution in [0.15, 0.2) is 142 Å². The molecule has 0 heterocycles. The average molecular weight is 578 g/mol. The molecule has 180 valence electrons. The van der Waals surface area contributed by atoms with Gasteiger partial charge in [-0.1, -0.05) is 107 Å².